The number of nitrogens with zero attached hydrogens (tertiary/aromatic N) is 4. The summed E-state index contributed by atoms with van der Waals surface area (Å²) in [7, 11) is 1.14. The number of amidine groups is 1. The first-order valence-corrected chi connectivity index (χ1v) is 10.0. The molecular formula is C19H19ClF4N6O5. The number of aromatic nitrogens is 2. The third-order valence-electron chi connectivity index (χ3n) is 4.20. The average Bonchev–Trinajstić information content (AvgIpc) is 2.80. The van der Waals surface area contributed by atoms with Crippen LogP contribution < -0.4 is 20.6 Å². The van der Waals surface area contributed by atoms with Gasteiger partial charge < -0.3 is 20.1 Å². The van der Waals surface area contributed by atoms with Crippen molar-refractivity contribution in [2.24, 2.45) is 5.10 Å². The molecule has 0 unspecified atom stereocenters. The number of hydrogen-bond acceptors (Lipinski definition) is 8. The molecule has 2 heterocycles. The summed E-state index contributed by atoms with van der Waals surface area (Å²) in [6, 6.07) is 1.74. The zero-order valence-electron chi connectivity index (χ0n) is 18.2. The van der Waals surface area contributed by atoms with Gasteiger partial charge in [0.2, 0.25) is 12.3 Å². The third-order valence-corrected chi connectivity index (χ3v) is 4.58. The Bertz CT molecular complexity index is 1170. The maximum Gasteiger partial charge on any atom is 0.422 e. The molecule has 0 fully saturated rings. The van der Waals surface area contributed by atoms with E-state index in [-0.39, 0.29) is 18.1 Å². The molecule has 0 aromatic carbocycles. The van der Waals surface area contributed by atoms with Crippen molar-refractivity contribution in [3.05, 3.63) is 45.1 Å². The minimum absolute atomic E-state index is 0.108. The van der Waals surface area contributed by atoms with E-state index in [0.717, 1.165) is 23.2 Å². The first-order valence-electron chi connectivity index (χ1n) is 9.64. The number of aliphatic hydroxyl groups is 1. The Hall–Kier alpha value is -3.72. The molecule has 0 bridgehead atoms. The molecule has 2 rings (SSSR count). The first kappa shape index (κ1) is 27.5. The summed E-state index contributed by atoms with van der Waals surface area (Å²) in [4.78, 5) is 42.2. The lowest BCUT2D eigenvalue weighted by Crippen LogP contribution is -2.34. The van der Waals surface area contributed by atoms with Crippen LogP contribution in [0.2, 0.25) is 5.02 Å². The highest BCUT2D eigenvalue weighted by Crippen LogP contribution is 2.28. The number of hydrazone groups is 1. The van der Waals surface area contributed by atoms with E-state index in [1.54, 1.807) is 6.92 Å². The molecule has 0 aliphatic rings. The van der Waals surface area contributed by atoms with E-state index in [4.69, 9.17) is 11.6 Å². The Morgan fingerprint density at radius 3 is 2.69 bits per heavy atom. The number of likely N-dealkylation sites (N-methyl/N-ethyl adjacent to an activating group) is 1. The van der Waals surface area contributed by atoms with Crippen LogP contribution in [0.4, 0.5) is 29.1 Å². The Morgan fingerprint density at radius 1 is 1.43 bits per heavy atom. The molecule has 2 amide bonds. The van der Waals surface area contributed by atoms with Crippen molar-refractivity contribution in [1.82, 2.24) is 14.9 Å². The third kappa shape index (κ3) is 7.13. The molecule has 0 aliphatic carbocycles. The van der Waals surface area contributed by atoms with Gasteiger partial charge in [-0.3, -0.25) is 19.3 Å². The molecule has 0 saturated carbocycles. The van der Waals surface area contributed by atoms with Crippen LogP contribution >= 0.6 is 11.6 Å². The second-order valence-corrected chi connectivity index (χ2v) is 7.01. The van der Waals surface area contributed by atoms with Gasteiger partial charge in [0, 0.05) is 19.8 Å². The predicted molar refractivity (Wildman–Crippen MR) is 117 cm³/mol. The van der Waals surface area contributed by atoms with E-state index in [1.165, 1.54) is 6.07 Å². The van der Waals surface area contributed by atoms with Gasteiger partial charge >= 0.3 is 6.18 Å². The number of ether oxygens (including phenoxy) is 1. The monoisotopic (exact) mass is 522 g/mol. The van der Waals surface area contributed by atoms with Crippen LogP contribution in [0.5, 0.6) is 5.88 Å². The average molecular weight is 523 g/mol. The normalized spacial score (nSPS) is 11.7. The van der Waals surface area contributed by atoms with Crippen LogP contribution in [0.25, 0.3) is 0 Å². The van der Waals surface area contributed by atoms with Gasteiger partial charge in [0.25, 0.3) is 11.5 Å². The van der Waals surface area contributed by atoms with Gasteiger partial charge in [-0.25, -0.2) is 9.40 Å². The molecule has 11 nitrogen and oxygen atoms in total. The largest absolute Gasteiger partial charge is 0.467 e. The van der Waals surface area contributed by atoms with Crippen LogP contribution in [0.1, 0.15) is 17.3 Å². The lowest BCUT2D eigenvalue weighted by molar-refractivity contribution is -0.154. The number of carbonyl (C=O) groups excluding carboxylic acids is 2. The highest BCUT2D eigenvalue weighted by Gasteiger charge is 2.31. The van der Waals surface area contributed by atoms with Crippen LogP contribution in [-0.2, 0) is 4.79 Å². The molecule has 0 spiro atoms. The fraction of sp³-hybridized carbons (Fsp3) is 0.316. The maximum atomic E-state index is 14.9. The number of carbonyl (C=O) groups is 2. The van der Waals surface area contributed by atoms with Gasteiger partial charge in [-0.15, -0.1) is 0 Å². The molecule has 3 N–H and O–H groups in total. The number of aromatic amines is 1. The van der Waals surface area contributed by atoms with E-state index >= 15 is 0 Å². The Kier molecular flexibility index (Phi) is 9.13. The summed E-state index contributed by atoms with van der Waals surface area (Å²) in [5.74, 6) is -4.18. The van der Waals surface area contributed by atoms with Crippen molar-refractivity contribution in [3.63, 3.8) is 0 Å². The van der Waals surface area contributed by atoms with Gasteiger partial charge in [-0.05, 0) is 19.1 Å². The molecule has 2 aromatic heterocycles. The fourth-order valence-corrected chi connectivity index (χ4v) is 2.74. The number of hydrogen-bond donors (Lipinski definition) is 3. The zero-order valence-corrected chi connectivity index (χ0v) is 18.9. The topological polar surface area (TPSA) is 140 Å². The number of alkyl halides is 3. The van der Waals surface area contributed by atoms with Crippen molar-refractivity contribution in [1.29, 1.82) is 0 Å². The van der Waals surface area contributed by atoms with Crippen LogP contribution in [0.15, 0.2) is 28.2 Å². The minimum atomic E-state index is -4.82. The number of anilines is 2. The SMILES string of the molecule is CCN(C=O)/C(CO)=N\N(C)c1nc(OCC(F)(F)F)c(C(=O)Nc2cc[nH]c(=O)c2Cl)cc1F. The summed E-state index contributed by atoms with van der Waals surface area (Å²) in [5, 5.41) is 15.8. The summed E-state index contributed by atoms with van der Waals surface area (Å²) >= 11 is 5.80. The predicted octanol–water partition coefficient (Wildman–Crippen LogP) is 1.98. The highest BCUT2D eigenvalue weighted by atomic mass is 35.5. The Morgan fingerprint density at radius 2 is 2.11 bits per heavy atom. The van der Waals surface area contributed by atoms with Crippen molar-refractivity contribution >= 4 is 41.3 Å². The molecule has 16 heteroatoms. The van der Waals surface area contributed by atoms with Crippen LogP contribution in [0.3, 0.4) is 0 Å². The van der Waals surface area contributed by atoms with Gasteiger partial charge in [0.05, 0.1) is 5.69 Å². The molecule has 35 heavy (non-hydrogen) atoms. The quantitative estimate of drug-likeness (QED) is 0.150. The lowest BCUT2D eigenvalue weighted by Gasteiger charge is -2.21. The number of halogens is 5. The summed E-state index contributed by atoms with van der Waals surface area (Å²) in [5.41, 5.74) is -1.70. The van der Waals surface area contributed by atoms with Crippen molar-refractivity contribution in [2.45, 2.75) is 13.1 Å². The standard InChI is InChI=1S/C19H19ClF4N6O5/c1-3-30(9-32)13(7-31)28-29(2)15-11(21)6-10(18(27-15)35-8-19(22,23)24)16(33)26-12-4-5-25-17(34)14(12)20/h4-6,9,31H,3,7-8H2,1-2H3,(H2,25,26,33,34)/b28-13-. The van der Waals surface area contributed by atoms with Gasteiger partial charge in [0.1, 0.15) is 17.2 Å². The summed E-state index contributed by atoms with van der Waals surface area (Å²) < 4.78 is 57.8. The first-order chi connectivity index (χ1) is 16.4. The Labute approximate surface area is 200 Å². The second kappa shape index (κ2) is 11.6. The molecular weight excluding hydrogens is 504 g/mol. The van der Waals surface area contributed by atoms with E-state index in [1.807, 2.05) is 0 Å². The smallest absolute Gasteiger partial charge is 0.422 e. The molecule has 0 saturated heterocycles. The number of amides is 2. The summed E-state index contributed by atoms with van der Waals surface area (Å²) in [6.45, 7) is -0.910. The maximum absolute atomic E-state index is 14.9. The van der Waals surface area contributed by atoms with Gasteiger partial charge in [-0.2, -0.15) is 23.3 Å². The van der Waals surface area contributed by atoms with E-state index < -0.39 is 59.0 Å². The van der Waals surface area contributed by atoms with E-state index in [2.05, 4.69) is 25.1 Å². The number of nitrogens with one attached hydrogen (secondary N) is 2. The number of aliphatic hydroxyl groups excluding tert-OH is 1. The summed E-state index contributed by atoms with van der Waals surface area (Å²) in [6.07, 6.45) is -3.31. The lowest BCUT2D eigenvalue weighted by atomic mass is 10.2. The van der Waals surface area contributed by atoms with Crippen molar-refractivity contribution < 1.29 is 37.0 Å². The zero-order chi connectivity index (χ0) is 26.3. The van der Waals surface area contributed by atoms with Gasteiger partial charge in [-0.1, -0.05) is 11.6 Å². The van der Waals surface area contributed by atoms with E-state index in [0.29, 0.717) is 12.5 Å². The number of H-pyrrole nitrogens is 1. The van der Waals surface area contributed by atoms with Crippen molar-refractivity contribution in [3.8, 4) is 5.88 Å². The van der Waals surface area contributed by atoms with E-state index in [9.17, 15) is 37.1 Å². The molecule has 0 atom stereocenters. The van der Waals surface area contributed by atoms with Crippen LogP contribution in [-0.4, -0.2) is 71.1 Å². The fourth-order valence-electron chi connectivity index (χ4n) is 2.58. The minimum Gasteiger partial charge on any atom is -0.467 e. The second-order valence-electron chi connectivity index (χ2n) is 6.63. The van der Waals surface area contributed by atoms with Crippen LogP contribution in [0, 0.1) is 5.82 Å². The van der Waals surface area contributed by atoms with Crippen molar-refractivity contribution in [2.75, 3.05) is 37.1 Å². The number of pyridine rings is 2. The molecule has 0 radical (unpaired) electrons. The molecule has 0 aliphatic heterocycles. The van der Waals surface area contributed by atoms with Gasteiger partial charge in [0.15, 0.2) is 24.1 Å². The Balaban J connectivity index is 2.52. The molecule has 190 valence electrons. The highest BCUT2D eigenvalue weighted by molar-refractivity contribution is 6.33. The molecule has 2 aromatic rings. The number of rotatable bonds is 9.